The van der Waals surface area contributed by atoms with Gasteiger partial charge in [0.2, 0.25) is 0 Å². The molecule has 0 bridgehead atoms. The Balaban J connectivity index is 2.13. The van der Waals surface area contributed by atoms with Crippen LogP contribution in [0.25, 0.3) is 0 Å². The molecule has 0 amide bonds. The van der Waals surface area contributed by atoms with Gasteiger partial charge < -0.3 is 9.47 Å². The van der Waals surface area contributed by atoms with E-state index in [4.69, 9.17) is 9.47 Å². The summed E-state index contributed by atoms with van der Waals surface area (Å²) in [6.45, 7) is 3.35. The Kier molecular flexibility index (Phi) is 5.07. The molecule has 27 heavy (non-hydrogen) atoms. The molecule has 1 fully saturated rings. The van der Waals surface area contributed by atoms with Crippen molar-refractivity contribution in [2.45, 2.75) is 38.7 Å². The predicted molar refractivity (Wildman–Crippen MR) is 96.3 cm³/mol. The Labute approximate surface area is 156 Å². The van der Waals surface area contributed by atoms with Gasteiger partial charge in [0.25, 0.3) is 5.69 Å². The van der Waals surface area contributed by atoms with E-state index in [0.29, 0.717) is 17.0 Å². The molecule has 1 aliphatic carbocycles. The van der Waals surface area contributed by atoms with Gasteiger partial charge in [-0.2, -0.15) is 0 Å². The number of rotatable bonds is 5. The molecule has 0 aromatic heterocycles. The number of allylic oxidation sites excluding steroid dienone is 1. The van der Waals surface area contributed by atoms with Gasteiger partial charge in [-0.05, 0) is 32.3 Å². The number of ether oxygens (including phenoxy) is 2. The van der Waals surface area contributed by atoms with E-state index in [-0.39, 0.29) is 17.4 Å². The Hall–Kier alpha value is -3.03. The number of aliphatic imine (C=N–C) groups is 1. The van der Waals surface area contributed by atoms with Gasteiger partial charge in [0.15, 0.2) is 0 Å². The number of nitro benzene ring substituents is 1. The SMILES string of the molecule is COC(=O)C1C(C)=NC(C)=C(C(=O)OC2CC2)C1c1cccc([N+](=O)[O-])c1. The topological polar surface area (TPSA) is 108 Å². The molecule has 8 heteroatoms. The van der Waals surface area contributed by atoms with Gasteiger partial charge >= 0.3 is 11.9 Å². The van der Waals surface area contributed by atoms with Gasteiger partial charge in [-0.15, -0.1) is 0 Å². The molecule has 2 aliphatic rings. The van der Waals surface area contributed by atoms with Crippen molar-refractivity contribution in [2.75, 3.05) is 7.11 Å². The van der Waals surface area contributed by atoms with E-state index in [0.717, 1.165) is 12.8 Å². The second kappa shape index (κ2) is 7.30. The van der Waals surface area contributed by atoms with E-state index >= 15 is 0 Å². The summed E-state index contributed by atoms with van der Waals surface area (Å²) in [7, 11) is 1.26. The molecular weight excluding hydrogens is 352 g/mol. The molecule has 1 saturated carbocycles. The van der Waals surface area contributed by atoms with Crippen molar-refractivity contribution in [3.05, 3.63) is 51.2 Å². The van der Waals surface area contributed by atoms with Crippen LogP contribution in [0.3, 0.4) is 0 Å². The maximum absolute atomic E-state index is 12.8. The molecule has 1 heterocycles. The van der Waals surface area contributed by atoms with Crippen LogP contribution in [0.5, 0.6) is 0 Å². The Bertz CT molecular complexity index is 869. The highest BCUT2D eigenvalue weighted by Gasteiger charge is 2.43. The van der Waals surface area contributed by atoms with E-state index in [9.17, 15) is 19.7 Å². The zero-order chi connectivity index (χ0) is 19.7. The Morgan fingerprint density at radius 2 is 1.96 bits per heavy atom. The fourth-order valence-corrected chi connectivity index (χ4v) is 3.33. The lowest BCUT2D eigenvalue weighted by molar-refractivity contribution is -0.384. The monoisotopic (exact) mass is 372 g/mol. The van der Waals surface area contributed by atoms with Gasteiger partial charge in [0.1, 0.15) is 12.0 Å². The van der Waals surface area contributed by atoms with Crippen molar-refractivity contribution in [3.63, 3.8) is 0 Å². The Morgan fingerprint density at radius 3 is 2.56 bits per heavy atom. The minimum Gasteiger partial charge on any atom is -0.468 e. The molecule has 1 aromatic rings. The molecule has 2 atom stereocenters. The quantitative estimate of drug-likeness (QED) is 0.447. The van der Waals surface area contributed by atoms with Gasteiger partial charge in [0, 0.05) is 29.5 Å². The minimum atomic E-state index is -0.859. The van der Waals surface area contributed by atoms with Gasteiger partial charge in [-0.25, -0.2) is 4.79 Å². The van der Waals surface area contributed by atoms with E-state index in [1.165, 1.54) is 25.3 Å². The van der Waals surface area contributed by atoms with Crippen molar-refractivity contribution in [3.8, 4) is 0 Å². The molecule has 0 saturated heterocycles. The summed E-state index contributed by atoms with van der Waals surface area (Å²) in [4.78, 5) is 40.3. The van der Waals surface area contributed by atoms with Crippen LogP contribution in [-0.2, 0) is 19.1 Å². The minimum absolute atomic E-state index is 0.118. The summed E-state index contributed by atoms with van der Waals surface area (Å²) in [5.74, 6) is -2.72. The van der Waals surface area contributed by atoms with Crippen LogP contribution in [-0.4, -0.2) is 35.8 Å². The summed E-state index contributed by atoms with van der Waals surface area (Å²) in [5, 5.41) is 11.2. The summed E-state index contributed by atoms with van der Waals surface area (Å²) < 4.78 is 10.4. The third kappa shape index (κ3) is 3.74. The highest BCUT2D eigenvalue weighted by molar-refractivity contribution is 6.07. The first-order valence-corrected chi connectivity index (χ1v) is 8.62. The predicted octanol–water partition coefficient (Wildman–Crippen LogP) is 2.92. The zero-order valence-electron chi connectivity index (χ0n) is 15.3. The molecular formula is C19H20N2O6. The standard InChI is InChI=1S/C19H20N2O6/c1-10-15(18(22)26-3)17(12-5-4-6-13(9-12)21(24)25)16(11(2)20-10)19(23)27-14-7-8-14/h4-6,9,14-15,17H,7-8H2,1-3H3. The van der Waals surface area contributed by atoms with Crippen molar-refractivity contribution >= 4 is 23.3 Å². The first-order valence-electron chi connectivity index (χ1n) is 8.62. The molecule has 0 spiro atoms. The summed E-state index contributed by atoms with van der Waals surface area (Å²) in [6.07, 6.45) is 1.50. The molecule has 2 unspecified atom stereocenters. The van der Waals surface area contributed by atoms with Crippen LogP contribution in [0.15, 0.2) is 40.5 Å². The number of hydrogen-bond acceptors (Lipinski definition) is 7. The first kappa shape index (κ1) is 18.8. The number of hydrogen-bond donors (Lipinski definition) is 0. The third-order valence-electron chi connectivity index (χ3n) is 4.74. The average Bonchev–Trinajstić information content (AvgIpc) is 3.44. The third-order valence-corrected chi connectivity index (χ3v) is 4.74. The number of nitrogens with zero attached hydrogens (tertiary/aromatic N) is 2. The number of carbonyl (C=O) groups is 2. The molecule has 1 aromatic carbocycles. The van der Waals surface area contributed by atoms with Crippen LogP contribution >= 0.6 is 0 Å². The maximum atomic E-state index is 12.8. The average molecular weight is 372 g/mol. The molecule has 142 valence electrons. The van der Waals surface area contributed by atoms with Gasteiger partial charge in [-0.3, -0.25) is 19.9 Å². The van der Waals surface area contributed by atoms with Crippen molar-refractivity contribution < 1.29 is 24.0 Å². The van der Waals surface area contributed by atoms with Gasteiger partial charge in [0.05, 0.1) is 17.6 Å². The zero-order valence-corrected chi connectivity index (χ0v) is 15.3. The van der Waals surface area contributed by atoms with E-state index in [2.05, 4.69) is 4.99 Å². The van der Waals surface area contributed by atoms with Crippen LogP contribution in [0.2, 0.25) is 0 Å². The Morgan fingerprint density at radius 1 is 1.26 bits per heavy atom. The lowest BCUT2D eigenvalue weighted by atomic mass is 9.75. The van der Waals surface area contributed by atoms with Crippen molar-refractivity contribution in [2.24, 2.45) is 10.9 Å². The molecule has 3 rings (SSSR count). The van der Waals surface area contributed by atoms with Crippen molar-refractivity contribution in [1.82, 2.24) is 0 Å². The van der Waals surface area contributed by atoms with E-state index in [1.54, 1.807) is 19.9 Å². The van der Waals surface area contributed by atoms with Crippen LogP contribution in [0.1, 0.15) is 38.2 Å². The fourth-order valence-electron chi connectivity index (χ4n) is 3.33. The van der Waals surface area contributed by atoms with Crippen LogP contribution < -0.4 is 0 Å². The normalized spacial score (nSPS) is 22.1. The van der Waals surface area contributed by atoms with E-state index < -0.39 is 28.7 Å². The summed E-state index contributed by atoms with van der Waals surface area (Å²) in [5.41, 5.74) is 1.51. The second-order valence-corrected chi connectivity index (χ2v) is 6.69. The molecule has 0 radical (unpaired) electrons. The second-order valence-electron chi connectivity index (χ2n) is 6.69. The first-order chi connectivity index (χ1) is 12.8. The number of carbonyl (C=O) groups excluding carboxylic acids is 2. The van der Waals surface area contributed by atoms with Crippen LogP contribution in [0, 0.1) is 16.0 Å². The number of benzene rings is 1. The molecule has 8 nitrogen and oxygen atoms in total. The smallest absolute Gasteiger partial charge is 0.336 e. The largest absolute Gasteiger partial charge is 0.468 e. The summed E-state index contributed by atoms with van der Waals surface area (Å²) in [6, 6.07) is 5.92. The van der Waals surface area contributed by atoms with Crippen LogP contribution in [0.4, 0.5) is 5.69 Å². The molecule has 1 aliphatic heterocycles. The summed E-state index contributed by atoms with van der Waals surface area (Å²) >= 11 is 0. The number of nitro groups is 1. The van der Waals surface area contributed by atoms with Crippen molar-refractivity contribution in [1.29, 1.82) is 0 Å². The molecule has 0 N–H and O–H groups in total. The lowest BCUT2D eigenvalue weighted by Crippen LogP contribution is -2.36. The maximum Gasteiger partial charge on any atom is 0.336 e. The number of non-ortho nitro benzene ring substituents is 1. The fraction of sp³-hybridized carbons (Fsp3) is 0.421. The highest BCUT2D eigenvalue weighted by Crippen LogP contribution is 2.41. The van der Waals surface area contributed by atoms with Gasteiger partial charge in [-0.1, -0.05) is 12.1 Å². The lowest BCUT2D eigenvalue weighted by Gasteiger charge is -2.31. The number of esters is 2. The number of methoxy groups -OCH3 is 1. The van der Waals surface area contributed by atoms with E-state index in [1.807, 2.05) is 0 Å². The highest BCUT2D eigenvalue weighted by atomic mass is 16.6.